The second-order valence-corrected chi connectivity index (χ2v) is 5.62. The molecule has 0 aliphatic carbocycles. The minimum absolute atomic E-state index is 0.266. The number of hydrogen-bond donors (Lipinski definition) is 0. The summed E-state index contributed by atoms with van der Waals surface area (Å²) in [5.41, 5.74) is -0.541. The number of esters is 1. The molecule has 0 N–H and O–H groups in total. The molecule has 2 bridgehead atoms. The SMILES string of the molecule is COC(=O)[C@@H]1[C@H]2CN(C(=O)OC(C)(C)C)[C@H]1CO2. The molecule has 2 heterocycles. The molecule has 18 heavy (non-hydrogen) atoms. The second-order valence-electron chi connectivity index (χ2n) is 5.62. The van der Waals surface area contributed by atoms with Crippen LogP contribution >= 0.6 is 0 Å². The van der Waals surface area contributed by atoms with Gasteiger partial charge in [0.15, 0.2) is 0 Å². The third-order valence-electron chi connectivity index (χ3n) is 3.17. The highest BCUT2D eigenvalue weighted by atomic mass is 16.6. The molecular weight excluding hydrogens is 238 g/mol. The van der Waals surface area contributed by atoms with Crippen LogP contribution in [-0.4, -0.2) is 55.0 Å². The van der Waals surface area contributed by atoms with Crippen LogP contribution < -0.4 is 0 Å². The highest BCUT2D eigenvalue weighted by molar-refractivity contribution is 5.78. The molecular formula is C12H19NO5. The Hall–Kier alpha value is -1.30. The molecule has 2 aliphatic rings. The highest BCUT2D eigenvalue weighted by Gasteiger charge is 2.54. The predicted octanol–water partition coefficient (Wildman–Crippen LogP) is 0.794. The van der Waals surface area contributed by atoms with E-state index in [4.69, 9.17) is 14.2 Å². The van der Waals surface area contributed by atoms with Crippen LogP contribution in [-0.2, 0) is 19.0 Å². The number of nitrogens with zero attached hydrogens (tertiary/aromatic N) is 1. The first-order valence-corrected chi connectivity index (χ1v) is 6.02. The molecule has 0 saturated carbocycles. The van der Waals surface area contributed by atoms with Crippen molar-refractivity contribution in [2.24, 2.45) is 5.92 Å². The number of carbonyl (C=O) groups is 2. The molecule has 0 unspecified atom stereocenters. The Morgan fingerprint density at radius 1 is 1.33 bits per heavy atom. The zero-order valence-electron chi connectivity index (χ0n) is 11.1. The quantitative estimate of drug-likeness (QED) is 0.650. The molecule has 3 atom stereocenters. The third-order valence-corrected chi connectivity index (χ3v) is 3.17. The van der Waals surface area contributed by atoms with Crippen molar-refractivity contribution in [2.75, 3.05) is 20.3 Å². The number of rotatable bonds is 1. The van der Waals surface area contributed by atoms with Crippen LogP contribution in [0.5, 0.6) is 0 Å². The first-order chi connectivity index (χ1) is 8.33. The summed E-state index contributed by atoms with van der Waals surface area (Å²) in [4.78, 5) is 25.2. The molecule has 2 saturated heterocycles. The minimum Gasteiger partial charge on any atom is -0.469 e. The Morgan fingerprint density at radius 3 is 2.56 bits per heavy atom. The third kappa shape index (κ3) is 2.29. The molecule has 102 valence electrons. The van der Waals surface area contributed by atoms with Gasteiger partial charge in [0, 0.05) is 0 Å². The second kappa shape index (κ2) is 4.42. The molecule has 6 heteroatoms. The van der Waals surface area contributed by atoms with E-state index in [0.29, 0.717) is 13.2 Å². The van der Waals surface area contributed by atoms with E-state index < -0.39 is 11.7 Å². The number of morpholine rings is 1. The molecule has 0 aromatic rings. The van der Waals surface area contributed by atoms with E-state index in [0.717, 1.165) is 0 Å². The Balaban J connectivity index is 2.06. The highest BCUT2D eigenvalue weighted by Crippen LogP contribution is 2.35. The maximum Gasteiger partial charge on any atom is 0.410 e. The molecule has 0 aromatic heterocycles. The van der Waals surface area contributed by atoms with E-state index in [1.807, 2.05) is 20.8 Å². The fourth-order valence-corrected chi connectivity index (χ4v) is 2.43. The van der Waals surface area contributed by atoms with Crippen molar-refractivity contribution in [2.45, 2.75) is 38.5 Å². The van der Waals surface area contributed by atoms with Gasteiger partial charge in [0.1, 0.15) is 11.5 Å². The fourth-order valence-electron chi connectivity index (χ4n) is 2.43. The van der Waals surface area contributed by atoms with Gasteiger partial charge in [0.05, 0.1) is 32.4 Å². The van der Waals surface area contributed by atoms with Crippen LogP contribution in [0.2, 0.25) is 0 Å². The molecule has 6 nitrogen and oxygen atoms in total. The minimum atomic E-state index is -0.541. The molecule has 0 spiro atoms. The van der Waals surface area contributed by atoms with Gasteiger partial charge >= 0.3 is 12.1 Å². The summed E-state index contributed by atoms with van der Waals surface area (Å²) in [5, 5.41) is 0. The lowest BCUT2D eigenvalue weighted by molar-refractivity contribution is -0.146. The van der Waals surface area contributed by atoms with Gasteiger partial charge in [-0.15, -0.1) is 0 Å². The summed E-state index contributed by atoms with van der Waals surface area (Å²) in [6.07, 6.45) is -0.665. The number of amides is 1. The number of fused-ring (bicyclic) bond motifs is 2. The molecule has 2 fully saturated rings. The molecule has 2 aliphatic heterocycles. The molecule has 1 amide bonds. The average molecular weight is 257 g/mol. The number of methoxy groups -OCH3 is 1. The van der Waals surface area contributed by atoms with E-state index in [1.165, 1.54) is 7.11 Å². The van der Waals surface area contributed by atoms with E-state index in [-0.39, 0.29) is 24.0 Å². The average Bonchev–Trinajstić information content (AvgIpc) is 2.82. The van der Waals surface area contributed by atoms with Crippen LogP contribution in [0.1, 0.15) is 20.8 Å². The Morgan fingerprint density at radius 2 is 2.00 bits per heavy atom. The lowest BCUT2D eigenvalue weighted by Gasteiger charge is -2.30. The zero-order chi connectivity index (χ0) is 13.5. The summed E-state index contributed by atoms with van der Waals surface area (Å²) in [5.74, 6) is -0.712. The van der Waals surface area contributed by atoms with Crippen LogP contribution in [0.3, 0.4) is 0 Å². The number of carbonyl (C=O) groups excluding carboxylic acids is 2. The van der Waals surface area contributed by atoms with Gasteiger partial charge in [-0.1, -0.05) is 0 Å². The number of likely N-dealkylation sites (tertiary alicyclic amines) is 1. The van der Waals surface area contributed by atoms with Gasteiger partial charge in [-0.2, -0.15) is 0 Å². The van der Waals surface area contributed by atoms with Gasteiger partial charge in [-0.3, -0.25) is 9.69 Å². The van der Waals surface area contributed by atoms with Gasteiger partial charge in [-0.25, -0.2) is 4.79 Å². The van der Waals surface area contributed by atoms with E-state index in [9.17, 15) is 9.59 Å². The number of hydrogen-bond acceptors (Lipinski definition) is 5. The lowest BCUT2D eigenvalue weighted by Crippen LogP contribution is -2.45. The molecule has 0 radical (unpaired) electrons. The largest absolute Gasteiger partial charge is 0.469 e. The topological polar surface area (TPSA) is 65.1 Å². The Labute approximate surface area is 106 Å². The Bertz CT molecular complexity index is 362. The fraction of sp³-hybridized carbons (Fsp3) is 0.833. The van der Waals surface area contributed by atoms with Crippen molar-refractivity contribution < 1.29 is 23.8 Å². The Kier molecular flexibility index (Phi) is 3.23. The first kappa shape index (κ1) is 13.1. The summed E-state index contributed by atoms with van der Waals surface area (Å²) in [6, 6.07) is -0.266. The van der Waals surface area contributed by atoms with Gasteiger partial charge in [-0.05, 0) is 20.8 Å². The van der Waals surface area contributed by atoms with Gasteiger partial charge in [0.2, 0.25) is 0 Å². The normalized spacial score (nSPS) is 30.4. The van der Waals surface area contributed by atoms with Crippen molar-refractivity contribution in [1.82, 2.24) is 4.90 Å². The van der Waals surface area contributed by atoms with E-state index in [1.54, 1.807) is 4.90 Å². The monoisotopic (exact) mass is 257 g/mol. The lowest BCUT2D eigenvalue weighted by atomic mass is 10.0. The van der Waals surface area contributed by atoms with Crippen LogP contribution in [0.25, 0.3) is 0 Å². The van der Waals surface area contributed by atoms with Crippen LogP contribution in [0.15, 0.2) is 0 Å². The van der Waals surface area contributed by atoms with Crippen LogP contribution in [0.4, 0.5) is 4.79 Å². The van der Waals surface area contributed by atoms with Gasteiger partial charge in [0.25, 0.3) is 0 Å². The maximum atomic E-state index is 12.0. The summed E-state index contributed by atoms with van der Waals surface area (Å²) >= 11 is 0. The zero-order valence-corrected chi connectivity index (χ0v) is 11.1. The van der Waals surface area contributed by atoms with Crippen molar-refractivity contribution in [1.29, 1.82) is 0 Å². The van der Waals surface area contributed by atoms with E-state index >= 15 is 0 Å². The summed E-state index contributed by atoms with van der Waals surface area (Å²) in [7, 11) is 1.35. The predicted molar refractivity (Wildman–Crippen MR) is 62.0 cm³/mol. The van der Waals surface area contributed by atoms with Crippen molar-refractivity contribution in [3.05, 3.63) is 0 Å². The van der Waals surface area contributed by atoms with Crippen molar-refractivity contribution in [3.63, 3.8) is 0 Å². The smallest absolute Gasteiger partial charge is 0.410 e. The van der Waals surface area contributed by atoms with E-state index in [2.05, 4.69) is 0 Å². The first-order valence-electron chi connectivity index (χ1n) is 6.02. The van der Waals surface area contributed by atoms with Crippen LogP contribution in [0, 0.1) is 5.92 Å². The van der Waals surface area contributed by atoms with Crippen molar-refractivity contribution >= 4 is 12.1 Å². The summed E-state index contributed by atoms with van der Waals surface area (Å²) in [6.45, 7) is 6.19. The molecule has 2 rings (SSSR count). The van der Waals surface area contributed by atoms with Crippen molar-refractivity contribution in [3.8, 4) is 0 Å². The number of ether oxygens (including phenoxy) is 3. The molecule has 0 aromatic carbocycles. The maximum absolute atomic E-state index is 12.0. The standard InChI is InChI=1S/C12H19NO5/c1-12(2,3)18-11(15)13-5-8-9(10(14)16-4)7(13)6-17-8/h7-9H,5-6H2,1-4H3/t7-,8+,9-/m0/s1. The summed E-state index contributed by atoms with van der Waals surface area (Å²) < 4.78 is 15.5. The van der Waals surface area contributed by atoms with Gasteiger partial charge < -0.3 is 14.2 Å².